The predicted molar refractivity (Wildman–Crippen MR) is 57.9 cm³/mol. The van der Waals surface area contributed by atoms with E-state index >= 15 is 0 Å². The number of amides is 1. The first-order chi connectivity index (χ1) is 6.72. The van der Waals surface area contributed by atoms with Crippen LogP contribution in [0.2, 0.25) is 0 Å². The lowest BCUT2D eigenvalue weighted by molar-refractivity contribution is -0.122. The van der Waals surface area contributed by atoms with Crippen LogP contribution in [-0.2, 0) is 4.79 Å². The first kappa shape index (κ1) is 11.5. The number of hydrogen-bond acceptors (Lipinski definition) is 2. The van der Waals surface area contributed by atoms with E-state index in [1.807, 2.05) is 0 Å². The van der Waals surface area contributed by atoms with Gasteiger partial charge in [-0.1, -0.05) is 19.8 Å². The fraction of sp³-hybridized carbons (Fsp3) is 0.909. The largest absolute Gasteiger partial charge is 0.355 e. The predicted octanol–water partition coefficient (Wildman–Crippen LogP) is 1.42. The van der Waals surface area contributed by atoms with Crippen molar-refractivity contribution in [3.8, 4) is 0 Å². The van der Waals surface area contributed by atoms with Crippen LogP contribution in [-0.4, -0.2) is 19.0 Å². The van der Waals surface area contributed by atoms with E-state index in [0.717, 1.165) is 19.4 Å². The summed E-state index contributed by atoms with van der Waals surface area (Å²) in [6.45, 7) is 3.59. The van der Waals surface area contributed by atoms with E-state index in [2.05, 4.69) is 12.2 Å². The van der Waals surface area contributed by atoms with Gasteiger partial charge < -0.3 is 11.1 Å². The molecule has 0 atom stereocenters. The van der Waals surface area contributed by atoms with Crippen LogP contribution in [0.5, 0.6) is 0 Å². The van der Waals surface area contributed by atoms with Gasteiger partial charge in [-0.3, -0.25) is 4.79 Å². The second-order valence-corrected chi connectivity index (χ2v) is 4.44. The van der Waals surface area contributed by atoms with Crippen molar-refractivity contribution in [1.29, 1.82) is 0 Å². The molecule has 1 rings (SSSR count). The molecule has 3 heteroatoms. The van der Waals surface area contributed by atoms with Crippen LogP contribution in [0, 0.1) is 5.41 Å². The molecule has 0 aromatic carbocycles. The first-order valence-electron chi connectivity index (χ1n) is 5.69. The fourth-order valence-corrected chi connectivity index (χ4v) is 1.84. The molecular weight excluding hydrogens is 176 g/mol. The molecule has 0 aromatic rings. The molecule has 3 nitrogen and oxygen atoms in total. The van der Waals surface area contributed by atoms with Crippen molar-refractivity contribution in [2.45, 2.75) is 45.4 Å². The van der Waals surface area contributed by atoms with Crippen LogP contribution < -0.4 is 11.1 Å². The summed E-state index contributed by atoms with van der Waals surface area (Å²) >= 11 is 0. The van der Waals surface area contributed by atoms with Crippen LogP contribution in [0.3, 0.4) is 0 Å². The Bertz CT molecular complexity index is 182. The highest BCUT2D eigenvalue weighted by Crippen LogP contribution is 2.39. The highest BCUT2D eigenvalue weighted by molar-refractivity contribution is 5.75. The van der Waals surface area contributed by atoms with Gasteiger partial charge in [0.2, 0.25) is 5.91 Å². The van der Waals surface area contributed by atoms with E-state index in [-0.39, 0.29) is 11.3 Å². The minimum Gasteiger partial charge on any atom is -0.355 e. The summed E-state index contributed by atoms with van der Waals surface area (Å²) in [5.41, 5.74) is 5.94. The summed E-state index contributed by atoms with van der Waals surface area (Å²) in [4.78, 5) is 11.4. The Morgan fingerprint density at radius 1 is 1.50 bits per heavy atom. The van der Waals surface area contributed by atoms with Gasteiger partial charge in [0.25, 0.3) is 0 Å². The van der Waals surface area contributed by atoms with Gasteiger partial charge in [0.15, 0.2) is 0 Å². The zero-order valence-electron chi connectivity index (χ0n) is 9.14. The van der Waals surface area contributed by atoms with Crippen LogP contribution in [0.15, 0.2) is 0 Å². The molecule has 0 unspecified atom stereocenters. The summed E-state index contributed by atoms with van der Waals surface area (Å²) in [5.74, 6) is 0.187. The Hall–Kier alpha value is -0.570. The van der Waals surface area contributed by atoms with Gasteiger partial charge in [0.05, 0.1) is 0 Å². The van der Waals surface area contributed by atoms with Crippen LogP contribution in [0.4, 0.5) is 0 Å². The molecule has 0 heterocycles. The molecule has 0 aliphatic heterocycles. The second-order valence-electron chi connectivity index (χ2n) is 4.44. The highest BCUT2D eigenvalue weighted by atomic mass is 16.1. The number of carbonyl (C=O) groups is 1. The van der Waals surface area contributed by atoms with Gasteiger partial charge in [0.1, 0.15) is 0 Å². The molecule has 1 saturated carbocycles. The number of hydrogen-bond donors (Lipinski definition) is 2. The Kier molecular flexibility index (Phi) is 4.39. The summed E-state index contributed by atoms with van der Waals surface area (Å²) in [6, 6.07) is 0. The third-order valence-corrected chi connectivity index (χ3v) is 3.27. The second kappa shape index (κ2) is 5.35. The number of unbranched alkanes of at least 4 members (excludes halogenated alkanes) is 1. The van der Waals surface area contributed by atoms with E-state index in [1.54, 1.807) is 0 Å². The zero-order valence-corrected chi connectivity index (χ0v) is 9.14. The SMILES string of the molecule is CCCCC(=O)NCC1(CN)CCC1. The number of nitrogens with one attached hydrogen (secondary N) is 1. The number of rotatable bonds is 6. The monoisotopic (exact) mass is 198 g/mol. The molecule has 82 valence electrons. The maximum absolute atomic E-state index is 11.4. The van der Waals surface area contributed by atoms with Gasteiger partial charge in [-0.15, -0.1) is 0 Å². The van der Waals surface area contributed by atoms with E-state index in [0.29, 0.717) is 13.0 Å². The fourth-order valence-electron chi connectivity index (χ4n) is 1.84. The highest BCUT2D eigenvalue weighted by Gasteiger charge is 2.35. The van der Waals surface area contributed by atoms with Crippen molar-refractivity contribution < 1.29 is 4.79 Å². The summed E-state index contributed by atoms with van der Waals surface area (Å²) < 4.78 is 0. The van der Waals surface area contributed by atoms with E-state index in [9.17, 15) is 4.79 Å². The molecule has 1 aliphatic rings. The summed E-state index contributed by atoms with van der Waals surface area (Å²) in [6.07, 6.45) is 6.35. The minimum atomic E-state index is 0.187. The standard InChI is InChI=1S/C11H22N2O/c1-2-3-5-10(14)13-9-11(8-12)6-4-7-11/h2-9,12H2,1H3,(H,13,14). The number of nitrogens with two attached hydrogens (primary N) is 1. The summed E-state index contributed by atoms with van der Waals surface area (Å²) in [7, 11) is 0. The smallest absolute Gasteiger partial charge is 0.220 e. The Balaban J connectivity index is 2.15. The summed E-state index contributed by atoms with van der Waals surface area (Å²) in [5, 5.41) is 2.99. The minimum absolute atomic E-state index is 0.187. The van der Waals surface area contributed by atoms with Gasteiger partial charge in [-0.05, 0) is 31.2 Å². The Morgan fingerprint density at radius 3 is 2.64 bits per heavy atom. The lowest BCUT2D eigenvalue weighted by Gasteiger charge is -2.41. The number of carbonyl (C=O) groups excluding carboxylic acids is 1. The van der Waals surface area contributed by atoms with Gasteiger partial charge in [-0.2, -0.15) is 0 Å². The maximum atomic E-state index is 11.4. The van der Waals surface area contributed by atoms with Crippen LogP contribution in [0.25, 0.3) is 0 Å². The van der Waals surface area contributed by atoms with Gasteiger partial charge in [0, 0.05) is 13.0 Å². The van der Waals surface area contributed by atoms with Crippen molar-refractivity contribution in [2.75, 3.05) is 13.1 Å². The van der Waals surface area contributed by atoms with Crippen LogP contribution in [0.1, 0.15) is 45.4 Å². The maximum Gasteiger partial charge on any atom is 0.220 e. The van der Waals surface area contributed by atoms with Crippen molar-refractivity contribution >= 4 is 5.91 Å². The lowest BCUT2D eigenvalue weighted by Crippen LogP contribution is -2.46. The molecule has 1 amide bonds. The van der Waals surface area contributed by atoms with E-state index in [4.69, 9.17) is 5.73 Å². The van der Waals surface area contributed by atoms with Gasteiger partial charge >= 0.3 is 0 Å². The Morgan fingerprint density at radius 2 is 2.21 bits per heavy atom. The van der Waals surface area contributed by atoms with Gasteiger partial charge in [-0.25, -0.2) is 0 Å². The van der Waals surface area contributed by atoms with Crippen molar-refractivity contribution in [2.24, 2.45) is 11.1 Å². The van der Waals surface area contributed by atoms with Crippen molar-refractivity contribution in [3.05, 3.63) is 0 Å². The first-order valence-corrected chi connectivity index (χ1v) is 5.69. The molecule has 1 aliphatic carbocycles. The third kappa shape index (κ3) is 2.98. The molecule has 1 fully saturated rings. The average Bonchev–Trinajstić information content (AvgIpc) is 2.14. The molecule has 0 spiro atoms. The van der Waals surface area contributed by atoms with Crippen molar-refractivity contribution in [3.63, 3.8) is 0 Å². The molecule has 0 aromatic heterocycles. The molecule has 0 saturated heterocycles. The molecular formula is C11H22N2O. The normalized spacial score (nSPS) is 18.7. The molecule has 0 bridgehead atoms. The quantitative estimate of drug-likeness (QED) is 0.678. The molecule has 14 heavy (non-hydrogen) atoms. The van der Waals surface area contributed by atoms with E-state index < -0.39 is 0 Å². The lowest BCUT2D eigenvalue weighted by atomic mass is 9.69. The Labute approximate surface area is 86.4 Å². The molecule has 3 N–H and O–H groups in total. The van der Waals surface area contributed by atoms with Crippen molar-refractivity contribution in [1.82, 2.24) is 5.32 Å². The third-order valence-electron chi connectivity index (χ3n) is 3.27. The van der Waals surface area contributed by atoms with Crippen LogP contribution >= 0.6 is 0 Å². The van der Waals surface area contributed by atoms with E-state index in [1.165, 1.54) is 19.3 Å². The average molecular weight is 198 g/mol. The topological polar surface area (TPSA) is 55.1 Å². The zero-order chi connectivity index (χ0) is 10.4. The molecule has 0 radical (unpaired) electrons.